The summed E-state index contributed by atoms with van der Waals surface area (Å²) < 4.78 is 1.59. The van der Waals surface area contributed by atoms with Gasteiger partial charge in [0.1, 0.15) is 11.4 Å². The molecule has 9 heteroatoms. The number of nitro groups is 1. The molecule has 1 aliphatic heterocycles. The highest BCUT2D eigenvalue weighted by Crippen LogP contribution is 2.22. The number of likely N-dealkylation sites (tertiary alicyclic amines) is 1. The summed E-state index contributed by atoms with van der Waals surface area (Å²) in [6.07, 6.45) is 4.76. The molecule has 2 heterocycles. The van der Waals surface area contributed by atoms with E-state index in [1.807, 2.05) is 4.90 Å². The van der Waals surface area contributed by atoms with E-state index in [9.17, 15) is 19.7 Å². The van der Waals surface area contributed by atoms with Crippen molar-refractivity contribution in [2.75, 3.05) is 19.6 Å². The summed E-state index contributed by atoms with van der Waals surface area (Å²) in [6.45, 7) is 5.61. The van der Waals surface area contributed by atoms with Crippen LogP contribution in [0.5, 0.6) is 0 Å². The number of rotatable bonds is 7. The molecule has 0 spiro atoms. The summed E-state index contributed by atoms with van der Waals surface area (Å²) in [6, 6.07) is 7.03. The summed E-state index contributed by atoms with van der Waals surface area (Å²) in [5, 5.41) is 18.2. The van der Waals surface area contributed by atoms with E-state index in [-0.39, 0.29) is 17.5 Å². The number of hydrogen-bond donors (Lipinski definition) is 1. The summed E-state index contributed by atoms with van der Waals surface area (Å²) in [4.78, 5) is 37.3. The molecule has 1 saturated heterocycles. The van der Waals surface area contributed by atoms with Crippen molar-refractivity contribution in [2.45, 2.75) is 52.5 Å². The van der Waals surface area contributed by atoms with Gasteiger partial charge in [0.25, 0.3) is 5.91 Å². The molecule has 3 rings (SSSR count). The minimum atomic E-state index is -0.417. The molecule has 31 heavy (non-hydrogen) atoms. The van der Waals surface area contributed by atoms with Crippen LogP contribution in [-0.4, -0.2) is 51.1 Å². The van der Waals surface area contributed by atoms with Gasteiger partial charge in [0.15, 0.2) is 0 Å². The maximum atomic E-state index is 12.4. The zero-order chi connectivity index (χ0) is 22.4. The number of nitrogens with zero attached hydrogens (tertiary/aromatic N) is 4. The molecule has 166 valence electrons. The molecule has 0 atom stereocenters. The molecule has 0 saturated carbocycles. The van der Waals surface area contributed by atoms with Crippen molar-refractivity contribution in [3.8, 4) is 0 Å². The van der Waals surface area contributed by atoms with Gasteiger partial charge >= 0.3 is 5.69 Å². The van der Waals surface area contributed by atoms with Crippen LogP contribution < -0.4 is 5.32 Å². The molecule has 0 bridgehead atoms. The number of carbonyl (C=O) groups excluding carboxylic acids is 2. The van der Waals surface area contributed by atoms with Crippen molar-refractivity contribution in [2.24, 2.45) is 0 Å². The second-order valence-electron chi connectivity index (χ2n) is 7.93. The first-order valence-corrected chi connectivity index (χ1v) is 10.7. The molecule has 1 aromatic heterocycles. The largest absolute Gasteiger partial charge is 0.352 e. The van der Waals surface area contributed by atoms with E-state index in [0.717, 1.165) is 31.5 Å². The summed E-state index contributed by atoms with van der Waals surface area (Å²) in [5.41, 5.74) is 2.30. The normalized spacial score (nSPS) is 14.2. The summed E-state index contributed by atoms with van der Waals surface area (Å²) in [7, 11) is 0. The Labute approximate surface area is 181 Å². The van der Waals surface area contributed by atoms with E-state index in [0.29, 0.717) is 36.5 Å². The minimum absolute atomic E-state index is 0.0331. The third kappa shape index (κ3) is 5.68. The maximum absolute atomic E-state index is 12.4. The van der Waals surface area contributed by atoms with Crippen molar-refractivity contribution in [3.63, 3.8) is 0 Å². The third-order valence-corrected chi connectivity index (χ3v) is 5.66. The first-order valence-electron chi connectivity index (χ1n) is 10.7. The van der Waals surface area contributed by atoms with Crippen LogP contribution in [0.1, 0.15) is 59.4 Å². The molecular formula is C22H29N5O4. The standard InChI is InChI=1S/C22H29N5O4/c1-16-21(27(30)31)17(2)26(24-16)15-18-7-9-19(10-8-18)22(29)23-12-11-20(28)25-13-5-3-4-6-14-25/h7-10H,3-6,11-15H2,1-2H3,(H,23,29). The number of hydrogen-bond acceptors (Lipinski definition) is 5. The van der Waals surface area contributed by atoms with Crippen LogP contribution in [0.4, 0.5) is 5.69 Å². The molecule has 0 radical (unpaired) electrons. The Hall–Kier alpha value is -3.23. The maximum Gasteiger partial charge on any atom is 0.312 e. The highest BCUT2D eigenvalue weighted by Gasteiger charge is 2.21. The van der Waals surface area contributed by atoms with Gasteiger partial charge in [-0.05, 0) is 44.4 Å². The van der Waals surface area contributed by atoms with Crippen molar-refractivity contribution in [1.82, 2.24) is 20.0 Å². The quantitative estimate of drug-likeness (QED) is 0.539. The molecule has 2 aromatic rings. The average Bonchev–Trinajstić information content (AvgIpc) is 2.92. The number of aryl methyl sites for hydroxylation is 1. The van der Waals surface area contributed by atoms with Crippen LogP contribution >= 0.6 is 0 Å². The molecule has 1 aromatic carbocycles. The van der Waals surface area contributed by atoms with Crippen LogP contribution in [-0.2, 0) is 11.3 Å². The van der Waals surface area contributed by atoms with Crippen LogP contribution in [0.25, 0.3) is 0 Å². The zero-order valence-corrected chi connectivity index (χ0v) is 18.1. The van der Waals surface area contributed by atoms with Crippen LogP contribution in [0, 0.1) is 24.0 Å². The van der Waals surface area contributed by atoms with Gasteiger partial charge in [-0.3, -0.25) is 24.4 Å². The first-order chi connectivity index (χ1) is 14.9. The lowest BCUT2D eigenvalue weighted by Crippen LogP contribution is -2.35. The van der Waals surface area contributed by atoms with Crippen molar-refractivity contribution >= 4 is 17.5 Å². The van der Waals surface area contributed by atoms with E-state index in [4.69, 9.17) is 0 Å². The minimum Gasteiger partial charge on any atom is -0.352 e. The fraction of sp³-hybridized carbons (Fsp3) is 0.500. The lowest BCUT2D eigenvalue weighted by atomic mass is 10.1. The van der Waals surface area contributed by atoms with Crippen molar-refractivity contribution < 1.29 is 14.5 Å². The summed E-state index contributed by atoms with van der Waals surface area (Å²) >= 11 is 0. The second-order valence-corrected chi connectivity index (χ2v) is 7.93. The number of amides is 2. The third-order valence-electron chi connectivity index (χ3n) is 5.66. The van der Waals surface area contributed by atoms with Crippen molar-refractivity contribution in [3.05, 3.63) is 56.9 Å². The Balaban J connectivity index is 1.51. The summed E-state index contributed by atoms with van der Waals surface area (Å²) in [5.74, 6) is -0.131. The average molecular weight is 428 g/mol. The lowest BCUT2D eigenvalue weighted by molar-refractivity contribution is -0.386. The van der Waals surface area contributed by atoms with E-state index in [1.54, 1.807) is 42.8 Å². The van der Waals surface area contributed by atoms with Gasteiger partial charge in [0, 0.05) is 31.6 Å². The number of carbonyl (C=O) groups is 2. The highest BCUT2D eigenvalue weighted by atomic mass is 16.6. The molecule has 1 aliphatic rings. The van der Waals surface area contributed by atoms with E-state index >= 15 is 0 Å². The highest BCUT2D eigenvalue weighted by molar-refractivity contribution is 5.94. The fourth-order valence-electron chi connectivity index (χ4n) is 3.90. The van der Waals surface area contributed by atoms with Gasteiger partial charge in [-0.15, -0.1) is 0 Å². The first kappa shape index (κ1) is 22.5. The predicted molar refractivity (Wildman–Crippen MR) is 116 cm³/mol. The van der Waals surface area contributed by atoms with Gasteiger partial charge in [-0.25, -0.2) is 0 Å². The van der Waals surface area contributed by atoms with Gasteiger partial charge in [-0.2, -0.15) is 5.10 Å². The number of aromatic nitrogens is 2. The Bertz CT molecular complexity index is 944. The van der Waals surface area contributed by atoms with Gasteiger partial charge in [-0.1, -0.05) is 25.0 Å². The van der Waals surface area contributed by atoms with Crippen molar-refractivity contribution in [1.29, 1.82) is 0 Å². The zero-order valence-electron chi connectivity index (χ0n) is 18.1. The lowest BCUT2D eigenvalue weighted by Gasteiger charge is -2.20. The Morgan fingerprint density at radius 3 is 2.32 bits per heavy atom. The topological polar surface area (TPSA) is 110 Å². The van der Waals surface area contributed by atoms with E-state index in [1.165, 1.54) is 12.8 Å². The molecule has 0 unspecified atom stereocenters. The smallest absolute Gasteiger partial charge is 0.312 e. The molecule has 0 aliphatic carbocycles. The molecule has 2 amide bonds. The Morgan fingerprint density at radius 1 is 1.10 bits per heavy atom. The van der Waals surface area contributed by atoms with Crippen LogP contribution in [0.2, 0.25) is 0 Å². The van der Waals surface area contributed by atoms with E-state index in [2.05, 4.69) is 10.4 Å². The molecule has 1 fully saturated rings. The van der Waals surface area contributed by atoms with Gasteiger partial charge in [0.05, 0.1) is 11.5 Å². The monoisotopic (exact) mass is 427 g/mol. The fourth-order valence-corrected chi connectivity index (χ4v) is 3.90. The van der Waals surface area contributed by atoms with Crippen LogP contribution in [0.3, 0.4) is 0 Å². The number of benzene rings is 1. The molecule has 9 nitrogen and oxygen atoms in total. The molecule has 1 N–H and O–H groups in total. The van der Waals surface area contributed by atoms with E-state index < -0.39 is 4.92 Å². The SMILES string of the molecule is Cc1nn(Cc2ccc(C(=O)NCCC(=O)N3CCCCCC3)cc2)c(C)c1[N+](=O)[O-]. The second kappa shape index (κ2) is 10.2. The number of nitrogens with one attached hydrogen (secondary N) is 1. The Morgan fingerprint density at radius 2 is 1.74 bits per heavy atom. The Kier molecular flexibility index (Phi) is 7.38. The van der Waals surface area contributed by atoms with Gasteiger partial charge < -0.3 is 10.2 Å². The van der Waals surface area contributed by atoms with Crippen LogP contribution in [0.15, 0.2) is 24.3 Å². The predicted octanol–water partition coefficient (Wildman–Crippen LogP) is 2.98. The van der Waals surface area contributed by atoms with Gasteiger partial charge in [0.2, 0.25) is 5.91 Å². The molecular weight excluding hydrogens is 398 g/mol.